The van der Waals surface area contributed by atoms with Crippen LogP contribution in [-0.2, 0) is 4.79 Å². The van der Waals surface area contributed by atoms with Crippen molar-refractivity contribution < 1.29 is 14.6 Å². The summed E-state index contributed by atoms with van der Waals surface area (Å²) in [5.74, 6) is 0.563. The maximum Gasteiger partial charge on any atom is 0.303 e. The maximum atomic E-state index is 10.4. The Morgan fingerprint density at radius 1 is 1.47 bits per heavy atom. The Balaban J connectivity index is 2.59. The number of aryl methyl sites for hydroxylation is 1. The van der Waals surface area contributed by atoms with Crippen LogP contribution >= 0.6 is 0 Å². The van der Waals surface area contributed by atoms with E-state index >= 15 is 0 Å². The van der Waals surface area contributed by atoms with Gasteiger partial charge in [0.05, 0.1) is 7.11 Å². The molecular formula is C14H20O3. The molecule has 0 spiro atoms. The first-order chi connectivity index (χ1) is 8.04. The predicted octanol–water partition coefficient (Wildman–Crippen LogP) is 3.36. The molecule has 0 aliphatic rings. The molecule has 3 heteroatoms. The lowest BCUT2D eigenvalue weighted by atomic mass is 9.94. The van der Waals surface area contributed by atoms with Crippen molar-refractivity contribution in [3.63, 3.8) is 0 Å². The van der Waals surface area contributed by atoms with Gasteiger partial charge in [-0.15, -0.1) is 0 Å². The van der Waals surface area contributed by atoms with Crippen LogP contribution in [-0.4, -0.2) is 18.2 Å². The van der Waals surface area contributed by atoms with Gasteiger partial charge in [-0.25, -0.2) is 0 Å². The van der Waals surface area contributed by atoms with Crippen LogP contribution in [0.15, 0.2) is 18.2 Å². The number of carboxylic acids is 1. The summed E-state index contributed by atoms with van der Waals surface area (Å²) >= 11 is 0. The minimum absolute atomic E-state index is 0.249. The molecule has 0 saturated carbocycles. The lowest BCUT2D eigenvalue weighted by Gasteiger charge is -2.13. The van der Waals surface area contributed by atoms with Crippen LogP contribution in [0.2, 0.25) is 0 Å². The minimum Gasteiger partial charge on any atom is -0.496 e. The zero-order valence-corrected chi connectivity index (χ0v) is 10.7. The Hall–Kier alpha value is -1.51. The zero-order chi connectivity index (χ0) is 12.8. The molecule has 1 aromatic carbocycles. The van der Waals surface area contributed by atoms with E-state index in [4.69, 9.17) is 9.84 Å². The Bertz CT molecular complexity index is 385. The van der Waals surface area contributed by atoms with Crippen LogP contribution in [0.3, 0.4) is 0 Å². The van der Waals surface area contributed by atoms with Gasteiger partial charge in [-0.2, -0.15) is 0 Å². The van der Waals surface area contributed by atoms with E-state index in [1.54, 1.807) is 7.11 Å². The second kappa shape index (κ2) is 6.28. The van der Waals surface area contributed by atoms with Gasteiger partial charge in [0.2, 0.25) is 0 Å². The van der Waals surface area contributed by atoms with Crippen LogP contribution in [0.25, 0.3) is 0 Å². The Labute approximate surface area is 102 Å². The summed E-state index contributed by atoms with van der Waals surface area (Å²) in [7, 11) is 1.66. The Morgan fingerprint density at radius 3 is 2.71 bits per heavy atom. The van der Waals surface area contributed by atoms with E-state index in [0.29, 0.717) is 5.92 Å². The highest BCUT2D eigenvalue weighted by Gasteiger charge is 2.08. The summed E-state index contributed by atoms with van der Waals surface area (Å²) in [5.41, 5.74) is 2.36. The van der Waals surface area contributed by atoms with Gasteiger partial charge in [-0.1, -0.05) is 19.1 Å². The van der Waals surface area contributed by atoms with Crippen molar-refractivity contribution in [1.82, 2.24) is 0 Å². The number of carboxylic acid groups (broad SMARTS) is 1. The number of benzene rings is 1. The summed E-state index contributed by atoms with van der Waals surface area (Å²) in [6, 6.07) is 6.14. The second-order valence-electron chi connectivity index (χ2n) is 4.42. The first kappa shape index (κ1) is 13.6. The summed E-state index contributed by atoms with van der Waals surface area (Å²) < 4.78 is 5.21. The van der Waals surface area contributed by atoms with Crippen LogP contribution < -0.4 is 4.74 Å². The van der Waals surface area contributed by atoms with Gasteiger partial charge in [0.15, 0.2) is 0 Å². The molecule has 17 heavy (non-hydrogen) atoms. The molecule has 0 aliphatic heterocycles. The molecule has 0 bridgehead atoms. The third-order valence-corrected chi connectivity index (χ3v) is 3.02. The van der Waals surface area contributed by atoms with Gasteiger partial charge in [0, 0.05) is 6.42 Å². The zero-order valence-electron chi connectivity index (χ0n) is 10.7. The molecule has 0 aliphatic carbocycles. The van der Waals surface area contributed by atoms with Crippen molar-refractivity contribution in [2.45, 2.75) is 39.0 Å². The lowest BCUT2D eigenvalue weighted by molar-refractivity contribution is -0.137. The fraction of sp³-hybridized carbons (Fsp3) is 0.500. The summed E-state index contributed by atoms with van der Waals surface area (Å²) in [5, 5.41) is 8.59. The van der Waals surface area contributed by atoms with Crippen molar-refractivity contribution in [1.29, 1.82) is 0 Å². The highest BCUT2D eigenvalue weighted by Crippen LogP contribution is 2.26. The molecule has 0 saturated heterocycles. The molecular weight excluding hydrogens is 216 g/mol. The minimum atomic E-state index is -0.719. The van der Waals surface area contributed by atoms with Crippen molar-refractivity contribution in [3.8, 4) is 5.75 Å². The molecule has 1 atom stereocenters. The van der Waals surface area contributed by atoms with Crippen molar-refractivity contribution in [2.24, 2.45) is 0 Å². The van der Waals surface area contributed by atoms with E-state index in [2.05, 4.69) is 19.1 Å². The maximum absolute atomic E-state index is 10.4. The van der Waals surface area contributed by atoms with Gasteiger partial charge >= 0.3 is 5.97 Å². The molecule has 1 rings (SSSR count). The summed E-state index contributed by atoms with van der Waals surface area (Å²) in [6.45, 7) is 4.15. The second-order valence-corrected chi connectivity index (χ2v) is 4.42. The molecule has 3 nitrogen and oxygen atoms in total. The highest BCUT2D eigenvalue weighted by atomic mass is 16.5. The number of ether oxygens (including phenoxy) is 1. The molecule has 1 N–H and O–H groups in total. The molecule has 94 valence electrons. The van der Waals surface area contributed by atoms with E-state index in [9.17, 15) is 4.79 Å². The van der Waals surface area contributed by atoms with Crippen LogP contribution in [0, 0.1) is 6.92 Å². The van der Waals surface area contributed by atoms with E-state index in [1.165, 1.54) is 5.56 Å². The topological polar surface area (TPSA) is 46.5 Å². The molecule has 0 heterocycles. The number of methoxy groups -OCH3 is 1. The number of aliphatic carboxylic acids is 1. The summed E-state index contributed by atoms with van der Waals surface area (Å²) in [4.78, 5) is 10.4. The molecule has 1 unspecified atom stereocenters. The van der Waals surface area contributed by atoms with Gasteiger partial charge in [-0.05, 0) is 42.9 Å². The Kier molecular flexibility index (Phi) is 5.01. The van der Waals surface area contributed by atoms with Gasteiger partial charge in [-0.3, -0.25) is 4.79 Å². The fourth-order valence-electron chi connectivity index (χ4n) is 1.93. The number of hydrogen-bond donors (Lipinski definition) is 1. The normalized spacial score (nSPS) is 12.2. The van der Waals surface area contributed by atoms with E-state index < -0.39 is 5.97 Å². The van der Waals surface area contributed by atoms with Crippen molar-refractivity contribution >= 4 is 5.97 Å². The predicted molar refractivity (Wildman–Crippen MR) is 67.6 cm³/mol. The average Bonchev–Trinajstić information content (AvgIpc) is 2.28. The smallest absolute Gasteiger partial charge is 0.303 e. The SMILES string of the molecule is COc1ccc(C(C)CCCC(=O)O)cc1C. The van der Waals surface area contributed by atoms with Crippen molar-refractivity contribution in [3.05, 3.63) is 29.3 Å². The van der Waals surface area contributed by atoms with E-state index in [1.807, 2.05) is 13.0 Å². The number of hydrogen-bond acceptors (Lipinski definition) is 2. The molecule has 0 fully saturated rings. The standard InChI is InChI=1S/C14H20O3/c1-10(5-4-6-14(15)16)12-7-8-13(17-3)11(2)9-12/h7-10H,4-6H2,1-3H3,(H,15,16). The largest absolute Gasteiger partial charge is 0.496 e. The molecule has 0 aromatic heterocycles. The third-order valence-electron chi connectivity index (χ3n) is 3.02. The third kappa shape index (κ3) is 4.10. The van der Waals surface area contributed by atoms with Crippen LogP contribution in [0.5, 0.6) is 5.75 Å². The van der Waals surface area contributed by atoms with E-state index in [0.717, 1.165) is 24.2 Å². The monoisotopic (exact) mass is 236 g/mol. The summed E-state index contributed by atoms with van der Waals surface area (Å²) in [6.07, 6.45) is 1.87. The first-order valence-electron chi connectivity index (χ1n) is 5.91. The van der Waals surface area contributed by atoms with Gasteiger partial charge in [0.1, 0.15) is 5.75 Å². The quantitative estimate of drug-likeness (QED) is 0.823. The van der Waals surface area contributed by atoms with Crippen LogP contribution in [0.1, 0.15) is 43.2 Å². The van der Waals surface area contributed by atoms with Crippen molar-refractivity contribution in [2.75, 3.05) is 7.11 Å². The highest BCUT2D eigenvalue weighted by molar-refractivity contribution is 5.66. The number of rotatable bonds is 6. The van der Waals surface area contributed by atoms with Crippen LogP contribution in [0.4, 0.5) is 0 Å². The molecule has 1 aromatic rings. The first-order valence-corrected chi connectivity index (χ1v) is 5.91. The number of carbonyl (C=O) groups is 1. The fourth-order valence-corrected chi connectivity index (χ4v) is 1.93. The molecule has 0 amide bonds. The van der Waals surface area contributed by atoms with Gasteiger partial charge < -0.3 is 9.84 Å². The van der Waals surface area contributed by atoms with Gasteiger partial charge in [0.25, 0.3) is 0 Å². The Morgan fingerprint density at radius 2 is 2.18 bits per heavy atom. The lowest BCUT2D eigenvalue weighted by Crippen LogP contribution is -1.99. The van der Waals surface area contributed by atoms with E-state index in [-0.39, 0.29) is 6.42 Å². The molecule has 0 radical (unpaired) electrons. The average molecular weight is 236 g/mol.